The van der Waals surface area contributed by atoms with Crippen molar-refractivity contribution in [1.82, 2.24) is 9.97 Å². The van der Waals surface area contributed by atoms with Crippen molar-refractivity contribution in [3.8, 4) is 0 Å². The molecular formula is C16H12N2O2S. The summed E-state index contributed by atoms with van der Waals surface area (Å²) in [6.07, 6.45) is 1.62. The average Bonchev–Trinajstić information content (AvgIpc) is 2.53. The van der Waals surface area contributed by atoms with Gasteiger partial charge in [0, 0.05) is 0 Å². The third-order valence-electron chi connectivity index (χ3n) is 2.99. The Morgan fingerprint density at radius 3 is 2.38 bits per heavy atom. The van der Waals surface area contributed by atoms with Gasteiger partial charge in [-0.25, -0.2) is 4.98 Å². The molecular weight excluding hydrogens is 284 g/mol. The van der Waals surface area contributed by atoms with Gasteiger partial charge >= 0.3 is 5.97 Å². The number of rotatable bonds is 4. The molecule has 1 aromatic heterocycles. The molecule has 0 spiro atoms. The van der Waals surface area contributed by atoms with Crippen LogP contribution in [0.1, 0.15) is 10.8 Å². The molecule has 0 radical (unpaired) electrons. The highest BCUT2D eigenvalue weighted by atomic mass is 32.2. The normalized spacial score (nSPS) is 12.2. The van der Waals surface area contributed by atoms with E-state index in [0.29, 0.717) is 5.03 Å². The van der Waals surface area contributed by atoms with E-state index in [-0.39, 0.29) is 0 Å². The molecule has 0 aliphatic rings. The van der Waals surface area contributed by atoms with Crippen LogP contribution < -0.4 is 0 Å². The summed E-state index contributed by atoms with van der Waals surface area (Å²) in [5.41, 5.74) is 2.30. The van der Waals surface area contributed by atoms with E-state index < -0.39 is 11.2 Å². The molecule has 0 unspecified atom stereocenters. The first-order valence-electron chi connectivity index (χ1n) is 6.40. The molecule has 21 heavy (non-hydrogen) atoms. The SMILES string of the molecule is O=C(O)[C@@H](Sc1cnc2ccccc2n1)c1ccccc1. The van der Waals surface area contributed by atoms with Crippen LogP contribution in [0.5, 0.6) is 0 Å². The van der Waals surface area contributed by atoms with Crippen LogP contribution in [0.15, 0.2) is 65.8 Å². The number of nitrogens with zero attached hydrogens (tertiary/aromatic N) is 2. The second-order valence-corrected chi connectivity index (χ2v) is 5.57. The van der Waals surface area contributed by atoms with Crippen molar-refractivity contribution in [1.29, 1.82) is 0 Å². The number of aliphatic carboxylic acids is 1. The van der Waals surface area contributed by atoms with Crippen LogP contribution in [-0.4, -0.2) is 21.0 Å². The number of carboxylic acid groups (broad SMARTS) is 1. The topological polar surface area (TPSA) is 63.1 Å². The monoisotopic (exact) mass is 296 g/mol. The zero-order chi connectivity index (χ0) is 14.7. The molecule has 3 rings (SSSR count). The van der Waals surface area contributed by atoms with Crippen LogP contribution >= 0.6 is 11.8 Å². The first-order chi connectivity index (χ1) is 10.2. The van der Waals surface area contributed by atoms with Gasteiger partial charge in [-0.15, -0.1) is 0 Å². The van der Waals surface area contributed by atoms with E-state index in [1.54, 1.807) is 18.3 Å². The fourth-order valence-electron chi connectivity index (χ4n) is 2.01. The number of thioether (sulfide) groups is 1. The van der Waals surface area contributed by atoms with Crippen molar-refractivity contribution in [2.24, 2.45) is 0 Å². The second kappa shape index (κ2) is 5.93. The molecule has 5 heteroatoms. The summed E-state index contributed by atoms with van der Waals surface area (Å²) in [7, 11) is 0. The number of carbonyl (C=O) groups is 1. The number of fused-ring (bicyclic) bond motifs is 1. The van der Waals surface area contributed by atoms with E-state index in [1.807, 2.05) is 42.5 Å². The zero-order valence-corrected chi connectivity index (χ0v) is 11.8. The van der Waals surface area contributed by atoms with Crippen molar-refractivity contribution in [3.63, 3.8) is 0 Å². The fourth-order valence-corrected chi connectivity index (χ4v) is 2.91. The van der Waals surface area contributed by atoms with Gasteiger partial charge in [-0.2, -0.15) is 0 Å². The Labute approximate surface area is 125 Å². The van der Waals surface area contributed by atoms with E-state index >= 15 is 0 Å². The lowest BCUT2D eigenvalue weighted by Gasteiger charge is -2.11. The molecule has 0 saturated carbocycles. The summed E-state index contributed by atoms with van der Waals surface area (Å²) in [6.45, 7) is 0. The van der Waals surface area contributed by atoms with Crippen molar-refractivity contribution in [2.75, 3.05) is 0 Å². The Bertz CT molecular complexity index is 777. The lowest BCUT2D eigenvalue weighted by molar-refractivity contribution is -0.136. The summed E-state index contributed by atoms with van der Waals surface area (Å²) >= 11 is 1.19. The third-order valence-corrected chi connectivity index (χ3v) is 4.14. The van der Waals surface area contributed by atoms with Crippen molar-refractivity contribution in [3.05, 3.63) is 66.4 Å². The van der Waals surface area contributed by atoms with E-state index in [2.05, 4.69) is 9.97 Å². The van der Waals surface area contributed by atoms with Gasteiger partial charge in [0.2, 0.25) is 0 Å². The smallest absolute Gasteiger partial charge is 0.321 e. The van der Waals surface area contributed by atoms with E-state index in [0.717, 1.165) is 16.6 Å². The van der Waals surface area contributed by atoms with Crippen molar-refractivity contribution in [2.45, 2.75) is 10.3 Å². The molecule has 0 bridgehead atoms. The number of benzene rings is 2. The highest BCUT2D eigenvalue weighted by Gasteiger charge is 2.21. The first kappa shape index (κ1) is 13.6. The van der Waals surface area contributed by atoms with Crippen LogP contribution in [0.25, 0.3) is 11.0 Å². The Kier molecular flexibility index (Phi) is 3.83. The van der Waals surface area contributed by atoms with E-state index in [9.17, 15) is 9.90 Å². The van der Waals surface area contributed by atoms with Crippen molar-refractivity contribution >= 4 is 28.8 Å². The lowest BCUT2D eigenvalue weighted by atomic mass is 10.1. The first-order valence-corrected chi connectivity index (χ1v) is 7.28. The molecule has 0 saturated heterocycles. The summed E-state index contributed by atoms with van der Waals surface area (Å²) in [5, 5.41) is 9.34. The Morgan fingerprint density at radius 1 is 1.00 bits per heavy atom. The fraction of sp³-hybridized carbons (Fsp3) is 0.0625. The summed E-state index contributed by atoms with van der Waals surface area (Å²) in [5.74, 6) is -0.888. The van der Waals surface area contributed by atoms with Crippen molar-refractivity contribution < 1.29 is 9.90 Å². The van der Waals surface area contributed by atoms with Gasteiger partial charge in [0.25, 0.3) is 0 Å². The maximum Gasteiger partial charge on any atom is 0.321 e. The molecule has 104 valence electrons. The number of para-hydroxylation sites is 2. The highest BCUT2D eigenvalue weighted by molar-refractivity contribution is 8.00. The molecule has 0 aliphatic heterocycles. The van der Waals surface area contributed by atoms with Gasteiger partial charge in [-0.05, 0) is 17.7 Å². The van der Waals surface area contributed by atoms with E-state index in [4.69, 9.17) is 0 Å². The minimum Gasteiger partial charge on any atom is -0.480 e. The molecule has 2 aromatic carbocycles. The standard InChI is InChI=1S/C16H12N2O2S/c19-16(20)15(11-6-2-1-3-7-11)21-14-10-17-12-8-4-5-9-13(12)18-14/h1-10,15H,(H,19,20)/t15-/m0/s1. The summed E-state index contributed by atoms with van der Waals surface area (Å²) in [4.78, 5) is 20.3. The molecule has 3 aromatic rings. The van der Waals surface area contributed by atoms with Crippen LogP contribution in [0, 0.1) is 0 Å². The molecule has 1 heterocycles. The molecule has 0 fully saturated rings. The van der Waals surface area contributed by atoms with Gasteiger partial charge in [0.15, 0.2) is 0 Å². The minimum atomic E-state index is -0.888. The predicted octanol–water partition coefficient (Wildman–Crippen LogP) is 3.55. The average molecular weight is 296 g/mol. The number of aromatic nitrogens is 2. The quantitative estimate of drug-likeness (QED) is 0.746. The van der Waals surface area contributed by atoms with E-state index in [1.165, 1.54) is 11.8 Å². The molecule has 1 atom stereocenters. The van der Waals surface area contributed by atoms with Crippen LogP contribution in [0.2, 0.25) is 0 Å². The zero-order valence-electron chi connectivity index (χ0n) is 11.0. The summed E-state index contributed by atoms with van der Waals surface area (Å²) in [6, 6.07) is 16.7. The van der Waals surface area contributed by atoms with Gasteiger partial charge in [-0.1, -0.05) is 54.2 Å². The van der Waals surface area contributed by atoms with Gasteiger partial charge in [0.1, 0.15) is 10.3 Å². The van der Waals surface area contributed by atoms with Gasteiger partial charge in [-0.3, -0.25) is 9.78 Å². The van der Waals surface area contributed by atoms with Gasteiger partial charge < -0.3 is 5.11 Å². The van der Waals surface area contributed by atoms with Crippen LogP contribution in [0.4, 0.5) is 0 Å². The van der Waals surface area contributed by atoms with Crippen LogP contribution in [-0.2, 0) is 4.79 Å². The Balaban J connectivity index is 1.93. The summed E-state index contributed by atoms with van der Waals surface area (Å²) < 4.78 is 0. The molecule has 4 nitrogen and oxygen atoms in total. The number of hydrogen-bond acceptors (Lipinski definition) is 4. The Morgan fingerprint density at radius 2 is 1.67 bits per heavy atom. The maximum absolute atomic E-state index is 11.5. The minimum absolute atomic E-state index is 0.602. The second-order valence-electron chi connectivity index (χ2n) is 4.44. The number of hydrogen-bond donors (Lipinski definition) is 1. The molecule has 0 aliphatic carbocycles. The predicted molar refractivity (Wildman–Crippen MR) is 82.2 cm³/mol. The Hall–Kier alpha value is -2.40. The largest absolute Gasteiger partial charge is 0.480 e. The molecule has 0 amide bonds. The highest BCUT2D eigenvalue weighted by Crippen LogP contribution is 2.34. The number of carboxylic acids is 1. The van der Waals surface area contributed by atoms with Crippen LogP contribution in [0.3, 0.4) is 0 Å². The molecule has 1 N–H and O–H groups in total. The third kappa shape index (κ3) is 3.03. The van der Waals surface area contributed by atoms with Gasteiger partial charge in [0.05, 0.1) is 17.2 Å². The lowest BCUT2D eigenvalue weighted by Crippen LogP contribution is -2.08. The maximum atomic E-state index is 11.5.